The summed E-state index contributed by atoms with van der Waals surface area (Å²) in [6.07, 6.45) is -4.95. The normalized spacial score (nSPS) is 10.8. The molecule has 2 aromatic carbocycles. The molecule has 0 aliphatic carbocycles. The molecule has 0 spiro atoms. The van der Waals surface area contributed by atoms with Gasteiger partial charge in [-0.3, -0.25) is 9.69 Å². The highest BCUT2D eigenvalue weighted by atomic mass is 19.4. The number of para-hydroxylation sites is 1. The van der Waals surface area contributed by atoms with Gasteiger partial charge in [-0.2, -0.15) is 18.4 Å². The first-order valence-electron chi connectivity index (χ1n) is 6.35. The number of alkyl halides is 3. The van der Waals surface area contributed by atoms with Crippen LogP contribution in [-0.4, -0.2) is 12.1 Å². The Kier molecular flexibility index (Phi) is 4.47. The van der Waals surface area contributed by atoms with Crippen LogP contribution in [0.25, 0.3) is 0 Å². The number of hydrogen-bond acceptors (Lipinski definition) is 2. The molecule has 112 valence electrons. The maximum atomic E-state index is 12.9. The van der Waals surface area contributed by atoms with E-state index >= 15 is 0 Å². The third-order valence-electron chi connectivity index (χ3n) is 2.91. The highest BCUT2D eigenvalue weighted by molar-refractivity contribution is 6.03. The smallest absolute Gasteiger partial charge is 0.273 e. The average molecular weight is 304 g/mol. The maximum absolute atomic E-state index is 12.9. The van der Waals surface area contributed by atoms with Gasteiger partial charge in [-0.1, -0.05) is 30.3 Å². The summed E-state index contributed by atoms with van der Waals surface area (Å²) < 4.78 is 38.6. The van der Waals surface area contributed by atoms with Crippen LogP contribution in [0.4, 0.5) is 24.5 Å². The van der Waals surface area contributed by atoms with Crippen LogP contribution in [0.2, 0.25) is 0 Å². The molecule has 2 rings (SSSR count). The quantitative estimate of drug-likeness (QED) is 0.861. The molecule has 0 radical (unpaired) electrons. The van der Waals surface area contributed by atoms with Crippen molar-refractivity contribution >= 4 is 17.3 Å². The summed E-state index contributed by atoms with van der Waals surface area (Å²) in [5.41, 5.74) is 0.719. The third-order valence-corrected chi connectivity index (χ3v) is 2.91. The molecule has 0 bridgehead atoms. The number of carbonyl (C=O) groups is 1. The first-order valence-corrected chi connectivity index (χ1v) is 6.35. The summed E-state index contributed by atoms with van der Waals surface area (Å²) in [6, 6.07) is 15.4. The van der Waals surface area contributed by atoms with E-state index < -0.39 is 12.1 Å². The van der Waals surface area contributed by atoms with Crippen molar-refractivity contribution in [3.63, 3.8) is 0 Å². The van der Waals surface area contributed by atoms with E-state index in [4.69, 9.17) is 5.26 Å². The largest absolute Gasteiger partial charge is 0.472 e. The number of hydrogen-bond donors (Lipinski definition) is 0. The van der Waals surface area contributed by atoms with Crippen molar-refractivity contribution in [1.82, 2.24) is 0 Å². The number of nitriles is 1. The number of rotatable bonds is 3. The molecule has 3 nitrogen and oxygen atoms in total. The number of carbonyl (C=O) groups excluding carboxylic acids is 1. The summed E-state index contributed by atoms with van der Waals surface area (Å²) in [6.45, 7) is 0. The highest BCUT2D eigenvalue weighted by Crippen LogP contribution is 2.31. The predicted octanol–water partition coefficient (Wildman–Crippen LogP) is 3.98. The van der Waals surface area contributed by atoms with E-state index in [9.17, 15) is 18.0 Å². The first-order chi connectivity index (χ1) is 10.4. The summed E-state index contributed by atoms with van der Waals surface area (Å²) in [5.74, 6) is -1.98. The van der Waals surface area contributed by atoms with Gasteiger partial charge in [0.25, 0.3) is 0 Å². The minimum Gasteiger partial charge on any atom is -0.273 e. The molecule has 0 saturated carbocycles. The Labute approximate surface area is 125 Å². The molecule has 0 aliphatic rings. The van der Waals surface area contributed by atoms with Crippen molar-refractivity contribution < 1.29 is 18.0 Å². The van der Waals surface area contributed by atoms with Crippen molar-refractivity contribution in [2.24, 2.45) is 0 Å². The number of anilines is 2. The molecule has 0 aromatic heterocycles. The fourth-order valence-corrected chi connectivity index (χ4v) is 1.98. The highest BCUT2D eigenvalue weighted by Gasteiger charge is 2.43. The monoisotopic (exact) mass is 304 g/mol. The lowest BCUT2D eigenvalue weighted by molar-refractivity contribution is -0.169. The van der Waals surface area contributed by atoms with Crippen LogP contribution >= 0.6 is 0 Å². The van der Waals surface area contributed by atoms with Crippen LogP contribution in [-0.2, 0) is 11.2 Å². The van der Waals surface area contributed by atoms with E-state index in [1.807, 2.05) is 6.07 Å². The predicted molar refractivity (Wildman–Crippen MR) is 75.4 cm³/mol. The maximum Gasteiger partial charge on any atom is 0.472 e. The summed E-state index contributed by atoms with van der Waals surface area (Å²) in [5, 5.41) is 8.69. The van der Waals surface area contributed by atoms with Crippen LogP contribution < -0.4 is 4.90 Å². The fourth-order valence-electron chi connectivity index (χ4n) is 1.98. The lowest BCUT2D eigenvalue weighted by Crippen LogP contribution is -2.38. The standard InChI is InChI=1S/C16H11F3N2O/c17-16(18,19)15(22)21(13-6-2-1-3-7-13)14-8-4-5-12(11-14)9-10-20/h1-8,11H,9H2. The molecule has 0 atom stereocenters. The van der Waals surface area contributed by atoms with Crippen LogP contribution in [0.1, 0.15) is 5.56 Å². The van der Waals surface area contributed by atoms with Gasteiger partial charge in [0.1, 0.15) is 0 Å². The molecular formula is C16H11F3N2O. The Balaban J connectivity index is 2.52. The van der Waals surface area contributed by atoms with Gasteiger partial charge in [-0.25, -0.2) is 0 Å². The van der Waals surface area contributed by atoms with Crippen LogP contribution in [0.3, 0.4) is 0 Å². The van der Waals surface area contributed by atoms with E-state index in [1.165, 1.54) is 30.3 Å². The topological polar surface area (TPSA) is 44.1 Å². The van der Waals surface area contributed by atoms with E-state index in [2.05, 4.69) is 0 Å². The second kappa shape index (κ2) is 6.31. The van der Waals surface area contributed by atoms with Gasteiger partial charge in [0.15, 0.2) is 0 Å². The minimum atomic E-state index is -5.00. The van der Waals surface area contributed by atoms with Crippen molar-refractivity contribution in [2.75, 3.05) is 4.90 Å². The minimum absolute atomic E-state index is 0.0523. The fraction of sp³-hybridized carbons (Fsp3) is 0.125. The molecule has 1 amide bonds. The Morgan fingerprint density at radius 2 is 1.68 bits per heavy atom. The Morgan fingerprint density at radius 3 is 2.27 bits per heavy atom. The van der Waals surface area contributed by atoms with Gasteiger partial charge < -0.3 is 0 Å². The average Bonchev–Trinajstić information content (AvgIpc) is 2.48. The van der Waals surface area contributed by atoms with Crippen LogP contribution in [0.5, 0.6) is 0 Å². The SMILES string of the molecule is N#CCc1cccc(N(C(=O)C(F)(F)F)c2ccccc2)c1. The van der Waals surface area contributed by atoms with Crippen LogP contribution in [0.15, 0.2) is 54.6 Å². The molecule has 22 heavy (non-hydrogen) atoms. The Morgan fingerprint density at radius 1 is 1.05 bits per heavy atom. The second-order valence-corrected chi connectivity index (χ2v) is 4.48. The lowest BCUT2D eigenvalue weighted by Gasteiger charge is -2.24. The van der Waals surface area contributed by atoms with Crippen molar-refractivity contribution in [3.8, 4) is 6.07 Å². The number of nitrogens with zero attached hydrogens (tertiary/aromatic N) is 2. The zero-order valence-electron chi connectivity index (χ0n) is 11.3. The van der Waals surface area contributed by atoms with E-state index in [0.717, 1.165) is 0 Å². The van der Waals surface area contributed by atoms with Gasteiger partial charge in [0.05, 0.1) is 12.5 Å². The molecule has 0 unspecified atom stereocenters. The second-order valence-electron chi connectivity index (χ2n) is 4.48. The molecular weight excluding hydrogens is 293 g/mol. The van der Waals surface area contributed by atoms with Crippen LogP contribution in [0, 0.1) is 11.3 Å². The van der Waals surface area contributed by atoms with Gasteiger partial charge in [-0.15, -0.1) is 0 Å². The van der Waals surface area contributed by atoms with Crippen molar-refractivity contribution in [2.45, 2.75) is 12.6 Å². The molecule has 0 fully saturated rings. The summed E-state index contributed by atoms with van der Waals surface area (Å²) in [7, 11) is 0. The van der Waals surface area contributed by atoms with Gasteiger partial charge in [0.2, 0.25) is 0 Å². The number of amides is 1. The van der Waals surface area contributed by atoms with Crippen molar-refractivity contribution in [1.29, 1.82) is 5.26 Å². The zero-order chi connectivity index (χ0) is 16.2. The van der Waals surface area contributed by atoms with E-state index in [-0.39, 0.29) is 17.8 Å². The molecule has 0 heterocycles. The lowest BCUT2D eigenvalue weighted by atomic mass is 10.1. The number of benzene rings is 2. The van der Waals surface area contributed by atoms with E-state index in [0.29, 0.717) is 10.5 Å². The molecule has 2 aromatic rings. The molecule has 0 aliphatic heterocycles. The summed E-state index contributed by atoms with van der Waals surface area (Å²) >= 11 is 0. The van der Waals surface area contributed by atoms with Gasteiger partial charge in [0, 0.05) is 11.4 Å². The third kappa shape index (κ3) is 3.44. The molecule has 6 heteroatoms. The van der Waals surface area contributed by atoms with Gasteiger partial charge >= 0.3 is 12.1 Å². The summed E-state index contributed by atoms with van der Waals surface area (Å²) in [4.78, 5) is 12.4. The molecule has 0 saturated heterocycles. The zero-order valence-corrected chi connectivity index (χ0v) is 11.3. The van der Waals surface area contributed by atoms with E-state index in [1.54, 1.807) is 24.3 Å². The molecule has 0 N–H and O–H groups in total. The van der Waals surface area contributed by atoms with Gasteiger partial charge in [-0.05, 0) is 29.8 Å². The Bertz CT molecular complexity index is 705. The first kappa shape index (κ1) is 15.6. The number of halogens is 3. The Hall–Kier alpha value is -2.81. The van der Waals surface area contributed by atoms with Crippen molar-refractivity contribution in [3.05, 3.63) is 60.2 Å².